The van der Waals surface area contributed by atoms with Crippen LogP contribution in [-0.2, 0) is 14.4 Å². The molecule has 0 saturated heterocycles. The first-order chi connectivity index (χ1) is 6.81. The van der Waals surface area contributed by atoms with Crippen LogP contribution in [0.4, 0.5) is 0 Å². The number of rotatable bonds is 0. The Kier molecular flexibility index (Phi) is 13.3. The fourth-order valence-corrected chi connectivity index (χ4v) is 0.791. The maximum absolute atomic E-state index is 4.86. The number of halogens is 2. The molecule has 0 nitrogen and oxygen atoms in total. The van der Waals surface area contributed by atoms with E-state index in [2.05, 4.69) is 19.8 Å². The van der Waals surface area contributed by atoms with Crippen LogP contribution in [0.25, 0.3) is 0 Å². The van der Waals surface area contributed by atoms with Crippen molar-refractivity contribution in [1.82, 2.24) is 0 Å². The Labute approximate surface area is 104 Å². The zero-order valence-corrected chi connectivity index (χ0v) is 10.8. The Hall–Kier alpha value is 1.16. The van der Waals surface area contributed by atoms with Crippen LogP contribution in [0.3, 0.4) is 0 Å². The Morgan fingerprint density at radius 2 is 1.07 bits per heavy atom. The van der Waals surface area contributed by atoms with Crippen molar-refractivity contribution in [3.8, 4) is 0 Å². The molecule has 2 aliphatic rings. The summed E-state index contributed by atoms with van der Waals surface area (Å²) >= 11 is -0.368. The van der Waals surface area contributed by atoms with Crippen molar-refractivity contribution in [2.45, 2.75) is 6.92 Å². The molecule has 75 valence electrons. The maximum atomic E-state index is 4.86. The second-order valence-corrected chi connectivity index (χ2v) is 4.80. The fraction of sp³-hybridized carbons (Fsp3) is 0.0909. The van der Waals surface area contributed by atoms with Gasteiger partial charge in [-0.05, 0) is 63.7 Å². The first-order valence-corrected chi connectivity index (χ1v) is 7.93. The first kappa shape index (κ1) is 15.2. The van der Waals surface area contributed by atoms with E-state index < -0.39 is 0 Å². The molecule has 0 aromatic carbocycles. The Bertz CT molecular complexity index is 91.9. The van der Waals surface area contributed by atoms with Gasteiger partial charge in [0, 0.05) is 0 Å². The molecule has 2 aliphatic carbocycles. The van der Waals surface area contributed by atoms with Crippen molar-refractivity contribution >= 4 is 19.7 Å². The first-order valence-electron chi connectivity index (χ1n) is 4.08. The van der Waals surface area contributed by atoms with E-state index in [0.717, 1.165) is 0 Å². The molecule has 0 amide bonds. The molecule has 10 radical (unpaired) electrons. The van der Waals surface area contributed by atoms with Crippen LogP contribution in [0.2, 0.25) is 0 Å². The van der Waals surface area contributed by atoms with Gasteiger partial charge in [-0.15, -0.1) is 0 Å². The van der Waals surface area contributed by atoms with Crippen LogP contribution in [0, 0.1) is 63.7 Å². The van der Waals surface area contributed by atoms with Crippen LogP contribution < -0.4 is 0 Å². The molecule has 0 N–H and O–H groups in total. The summed E-state index contributed by atoms with van der Waals surface area (Å²) in [5.74, 6) is 1.34. The van der Waals surface area contributed by atoms with E-state index in [1.54, 1.807) is 0 Å². The third-order valence-corrected chi connectivity index (χ3v) is 1.38. The average Bonchev–Trinajstić information content (AvgIpc) is 2.78. The SMILES string of the molecule is C[C]1[CH][CH][CH][CH]1.[CH]1[CH][CH][CH][CH]1.[Cl][V][Cl]. The summed E-state index contributed by atoms with van der Waals surface area (Å²) in [4.78, 5) is 0. The Morgan fingerprint density at radius 3 is 1.21 bits per heavy atom. The van der Waals surface area contributed by atoms with Crippen molar-refractivity contribution < 1.29 is 14.4 Å². The summed E-state index contributed by atoms with van der Waals surface area (Å²) in [6, 6.07) is 0. The van der Waals surface area contributed by atoms with Crippen molar-refractivity contribution in [2.75, 3.05) is 0 Å². The molecule has 3 heteroatoms. The van der Waals surface area contributed by atoms with E-state index in [0.29, 0.717) is 0 Å². The molecule has 0 atom stereocenters. The van der Waals surface area contributed by atoms with E-state index >= 15 is 0 Å². The van der Waals surface area contributed by atoms with Gasteiger partial charge in [-0.3, -0.25) is 0 Å². The van der Waals surface area contributed by atoms with Crippen LogP contribution in [0.15, 0.2) is 0 Å². The van der Waals surface area contributed by atoms with Crippen LogP contribution >= 0.6 is 19.7 Å². The molecule has 0 bridgehead atoms. The van der Waals surface area contributed by atoms with Gasteiger partial charge in [0.1, 0.15) is 0 Å². The predicted octanol–water partition coefficient (Wildman–Crippen LogP) is 3.81. The van der Waals surface area contributed by atoms with Crippen molar-refractivity contribution in [3.63, 3.8) is 0 Å². The van der Waals surface area contributed by atoms with Crippen LogP contribution in [-0.4, -0.2) is 0 Å². The van der Waals surface area contributed by atoms with Crippen LogP contribution in [0.5, 0.6) is 0 Å². The van der Waals surface area contributed by atoms with Gasteiger partial charge in [0.25, 0.3) is 0 Å². The minimum absolute atomic E-state index is 0.368. The fourth-order valence-electron chi connectivity index (χ4n) is 0.791. The Morgan fingerprint density at radius 1 is 0.786 bits per heavy atom. The van der Waals surface area contributed by atoms with Gasteiger partial charge in [0.2, 0.25) is 0 Å². The molecule has 0 aromatic heterocycles. The minimum atomic E-state index is -0.368. The van der Waals surface area contributed by atoms with E-state index in [4.69, 9.17) is 19.7 Å². The van der Waals surface area contributed by atoms with Crippen molar-refractivity contribution in [2.24, 2.45) is 0 Å². The molecule has 0 spiro atoms. The molecule has 0 heterocycles. The summed E-state index contributed by atoms with van der Waals surface area (Å²) in [6.07, 6.45) is 18.2. The third kappa shape index (κ3) is 11.2. The van der Waals surface area contributed by atoms with Gasteiger partial charge < -0.3 is 0 Å². The van der Waals surface area contributed by atoms with E-state index in [9.17, 15) is 0 Å². The van der Waals surface area contributed by atoms with Gasteiger partial charge >= 0.3 is 34.1 Å². The number of hydrogen-bond donors (Lipinski definition) is 0. The molecule has 2 fully saturated rings. The zero-order chi connectivity index (χ0) is 10.6. The van der Waals surface area contributed by atoms with Crippen molar-refractivity contribution in [1.29, 1.82) is 0 Å². The monoisotopic (exact) mass is 265 g/mol. The molecule has 0 aromatic rings. The molecule has 14 heavy (non-hydrogen) atoms. The molecule has 0 unspecified atom stereocenters. The zero-order valence-electron chi connectivity index (χ0n) is 7.90. The van der Waals surface area contributed by atoms with Gasteiger partial charge in [-0.25, -0.2) is 0 Å². The summed E-state index contributed by atoms with van der Waals surface area (Å²) in [7, 11) is 9.72. The van der Waals surface area contributed by atoms with Crippen molar-refractivity contribution in [3.05, 3.63) is 63.7 Å². The van der Waals surface area contributed by atoms with E-state index in [1.165, 1.54) is 5.92 Å². The Balaban J connectivity index is 0.000000193. The topological polar surface area (TPSA) is 0 Å². The predicted molar refractivity (Wildman–Crippen MR) is 59.3 cm³/mol. The quantitative estimate of drug-likeness (QED) is 0.625. The second-order valence-electron chi connectivity index (χ2n) is 2.49. The molecule has 2 rings (SSSR count). The summed E-state index contributed by atoms with van der Waals surface area (Å²) < 4.78 is 0. The average molecular weight is 266 g/mol. The third-order valence-electron chi connectivity index (χ3n) is 1.38. The van der Waals surface area contributed by atoms with Gasteiger partial charge in [0.05, 0.1) is 0 Å². The number of hydrogen-bond acceptors (Lipinski definition) is 0. The second kappa shape index (κ2) is 12.2. The van der Waals surface area contributed by atoms with E-state index in [-0.39, 0.29) is 14.4 Å². The summed E-state index contributed by atoms with van der Waals surface area (Å²) in [6.45, 7) is 2.08. The molecular weight excluding hydrogens is 254 g/mol. The van der Waals surface area contributed by atoms with Gasteiger partial charge in [-0.1, -0.05) is 6.92 Å². The summed E-state index contributed by atoms with van der Waals surface area (Å²) in [5, 5.41) is 0. The standard InChI is InChI=1S/C6H7.C5H5.2ClH.V/c1-6-4-2-3-5-6;1-2-4-5-3-1;;;/h2-5H,1H3;1-5H;2*1H;/q;;;;+2/p-2. The van der Waals surface area contributed by atoms with Gasteiger partial charge in [0.15, 0.2) is 0 Å². The summed E-state index contributed by atoms with van der Waals surface area (Å²) in [5.41, 5.74) is 0. The normalized spacial score (nSPS) is 20.5. The van der Waals surface area contributed by atoms with Gasteiger partial charge in [-0.2, -0.15) is 0 Å². The van der Waals surface area contributed by atoms with E-state index in [1.807, 2.05) is 44.9 Å². The molecule has 2 saturated carbocycles. The molecular formula is C11H12Cl2V. The molecule has 0 aliphatic heterocycles. The van der Waals surface area contributed by atoms with Crippen LogP contribution in [0.1, 0.15) is 6.92 Å².